The van der Waals surface area contributed by atoms with Crippen LogP contribution >= 0.6 is 23.2 Å². The van der Waals surface area contributed by atoms with Gasteiger partial charge in [0, 0.05) is 51.9 Å². The molecule has 1 fully saturated rings. The highest BCUT2D eigenvalue weighted by Crippen LogP contribution is 2.30. The fourth-order valence-electron chi connectivity index (χ4n) is 4.35. The van der Waals surface area contributed by atoms with Gasteiger partial charge in [0.1, 0.15) is 17.4 Å². The molecule has 6 nitrogen and oxygen atoms in total. The van der Waals surface area contributed by atoms with Crippen LogP contribution in [0.25, 0.3) is 0 Å². The third-order valence-corrected chi connectivity index (χ3v) is 6.76. The molecule has 1 heterocycles. The maximum absolute atomic E-state index is 15.1. The minimum atomic E-state index is -0.718. The summed E-state index contributed by atoms with van der Waals surface area (Å²) in [7, 11) is 1.40. The Labute approximate surface area is 224 Å². The van der Waals surface area contributed by atoms with Crippen molar-refractivity contribution in [3.05, 3.63) is 92.7 Å². The molecule has 192 valence electrons. The Morgan fingerprint density at radius 1 is 0.973 bits per heavy atom. The lowest BCUT2D eigenvalue weighted by Crippen LogP contribution is -2.35. The van der Waals surface area contributed by atoms with Crippen molar-refractivity contribution in [2.24, 2.45) is 0 Å². The predicted octanol–water partition coefficient (Wildman–Crippen LogP) is 6.63. The quantitative estimate of drug-likeness (QED) is 0.200. The highest BCUT2D eigenvalue weighted by Gasteiger charge is 2.23. The Morgan fingerprint density at radius 3 is 2.32 bits per heavy atom. The number of Topliss-reactive ketones (excluding diaryl/α,β-unsaturated/α-hetero) is 1. The smallest absolute Gasteiger partial charge is 0.256 e. The third-order valence-electron chi connectivity index (χ3n) is 6.29. The Bertz CT molecular complexity index is 1340. The number of amides is 1. The summed E-state index contributed by atoms with van der Waals surface area (Å²) < 4.78 is 20.5. The summed E-state index contributed by atoms with van der Waals surface area (Å²) in [6.45, 7) is 1.52. The van der Waals surface area contributed by atoms with Crippen LogP contribution in [0, 0.1) is 11.2 Å². The van der Waals surface area contributed by atoms with Gasteiger partial charge in [-0.25, -0.2) is 4.39 Å². The molecule has 1 aliphatic rings. The van der Waals surface area contributed by atoms with Crippen LogP contribution in [0.2, 0.25) is 10.0 Å². The molecule has 0 radical (unpaired) electrons. The molecule has 3 aromatic carbocycles. The van der Waals surface area contributed by atoms with Crippen LogP contribution in [-0.4, -0.2) is 42.6 Å². The van der Waals surface area contributed by atoms with Gasteiger partial charge >= 0.3 is 0 Å². The van der Waals surface area contributed by atoms with Gasteiger partial charge < -0.3 is 15.0 Å². The van der Waals surface area contributed by atoms with Crippen LogP contribution in [0.3, 0.4) is 0 Å². The highest BCUT2D eigenvalue weighted by molar-refractivity contribution is 6.31. The van der Waals surface area contributed by atoms with E-state index in [9.17, 15) is 9.59 Å². The lowest BCUT2D eigenvalue weighted by Gasteiger charge is -2.29. The number of methoxy groups -OCH3 is 1. The van der Waals surface area contributed by atoms with E-state index in [4.69, 9.17) is 33.3 Å². The number of carbonyl (C=O) groups excluding carboxylic acids is 2. The van der Waals surface area contributed by atoms with E-state index in [0.29, 0.717) is 16.3 Å². The number of benzene rings is 3. The second-order valence-electron chi connectivity index (χ2n) is 8.79. The van der Waals surface area contributed by atoms with Crippen molar-refractivity contribution in [3.63, 3.8) is 0 Å². The Morgan fingerprint density at radius 2 is 1.68 bits per heavy atom. The van der Waals surface area contributed by atoms with Crippen LogP contribution in [0.1, 0.15) is 51.1 Å². The minimum Gasteiger partial charge on any atom is -0.496 e. The van der Waals surface area contributed by atoms with E-state index in [2.05, 4.69) is 5.32 Å². The molecule has 2 N–H and O–H groups in total. The number of likely N-dealkylation sites (tertiary alicyclic amines) is 1. The monoisotopic (exact) mass is 541 g/mol. The van der Waals surface area contributed by atoms with Gasteiger partial charge in [-0.2, -0.15) is 0 Å². The average Bonchev–Trinajstić information content (AvgIpc) is 2.90. The molecular formula is C28H26Cl2FN3O3. The number of rotatable bonds is 7. The first kappa shape index (κ1) is 26.6. The fraction of sp³-hybridized carbons (Fsp3) is 0.250. The largest absolute Gasteiger partial charge is 0.496 e. The van der Waals surface area contributed by atoms with Gasteiger partial charge in [-0.3, -0.25) is 15.0 Å². The molecule has 0 bridgehead atoms. The first-order valence-electron chi connectivity index (χ1n) is 11.9. The third kappa shape index (κ3) is 6.29. The van der Waals surface area contributed by atoms with Gasteiger partial charge in [-0.1, -0.05) is 29.3 Å². The number of anilines is 1. The molecular weight excluding hydrogens is 516 g/mol. The molecule has 0 spiro atoms. The summed E-state index contributed by atoms with van der Waals surface area (Å²) in [5, 5.41) is 12.0. The first-order valence-corrected chi connectivity index (χ1v) is 12.6. The van der Waals surface area contributed by atoms with Gasteiger partial charge in [0.05, 0.1) is 12.7 Å². The van der Waals surface area contributed by atoms with Crippen molar-refractivity contribution in [1.29, 1.82) is 5.41 Å². The van der Waals surface area contributed by atoms with Crippen molar-refractivity contribution in [3.8, 4) is 5.75 Å². The summed E-state index contributed by atoms with van der Waals surface area (Å²) in [6.07, 6.45) is 2.83. The Kier molecular flexibility index (Phi) is 8.46. The Hall–Kier alpha value is -3.42. The van der Waals surface area contributed by atoms with Crippen LogP contribution in [0.15, 0.2) is 54.6 Å². The van der Waals surface area contributed by atoms with Crippen molar-refractivity contribution < 1.29 is 18.7 Å². The second-order valence-corrected chi connectivity index (χ2v) is 9.66. The minimum absolute atomic E-state index is 0.128. The summed E-state index contributed by atoms with van der Waals surface area (Å²) in [4.78, 5) is 28.2. The number of hydrogen-bond acceptors (Lipinski definition) is 4. The van der Waals surface area contributed by atoms with E-state index in [1.54, 1.807) is 30.3 Å². The van der Waals surface area contributed by atoms with E-state index in [1.807, 2.05) is 4.90 Å². The molecule has 0 aliphatic carbocycles. The molecule has 0 aromatic heterocycles. The molecule has 1 amide bonds. The zero-order valence-electron chi connectivity index (χ0n) is 20.2. The van der Waals surface area contributed by atoms with Gasteiger partial charge in [-0.05, 0) is 67.8 Å². The number of carbonyl (C=O) groups is 2. The standard InChI is InChI=1S/C28H26Cl2FN3O3/c1-37-26-15-19(30)14-23(28(36)33-20-8-6-18(29)7-9-20)22(26)16-25(35)21-10-5-17(13-24(21)31)27(32)34-11-3-2-4-12-34/h5-10,13-15,32H,2-4,11-12,16H2,1H3,(H,33,36). The van der Waals surface area contributed by atoms with E-state index in [1.165, 1.54) is 31.4 Å². The van der Waals surface area contributed by atoms with Crippen molar-refractivity contribution in [2.75, 3.05) is 25.5 Å². The molecule has 0 atom stereocenters. The van der Waals surface area contributed by atoms with Gasteiger partial charge in [0.15, 0.2) is 5.78 Å². The normalized spacial score (nSPS) is 13.2. The molecule has 1 saturated heterocycles. The van der Waals surface area contributed by atoms with Crippen molar-refractivity contribution in [2.45, 2.75) is 25.7 Å². The van der Waals surface area contributed by atoms with E-state index < -0.39 is 17.5 Å². The zero-order chi connectivity index (χ0) is 26.5. The van der Waals surface area contributed by atoms with Crippen LogP contribution in [0.4, 0.5) is 10.1 Å². The average molecular weight is 542 g/mol. The number of amidine groups is 1. The zero-order valence-corrected chi connectivity index (χ0v) is 21.8. The predicted molar refractivity (Wildman–Crippen MR) is 144 cm³/mol. The molecule has 0 saturated carbocycles. The number of ketones is 1. The molecule has 4 rings (SSSR count). The van der Waals surface area contributed by atoms with Gasteiger partial charge in [0.2, 0.25) is 0 Å². The van der Waals surface area contributed by atoms with Gasteiger partial charge in [0.25, 0.3) is 5.91 Å². The Balaban J connectivity index is 1.59. The molecule has 37 heavy (non-hydrogen) atoms. The molecule has 1 aliphatic heterocycles. The first-order chi connectivity index (χ1) is 17.8. The van der Waals surface area contributed by atoms with Crippen LogP contribution in [0.5, 0.6) is 5.75 Å². The summed E-state index contributed by atoms with van der Waals surface area (Å²) in [5.74, 6) is -1.26. The van der Waals surface area contributed by atoms with E-state index in [-0.39, 0.29) is 39.7 Å². The molecule has 0 unspecified atom stereocenters. The SMILES string of the molecule is COc1cc(Cl)cc(C(=O)Nc2ccc(Cl)cc2)c1CC(=O)c1ccc(C(=N)N2CCCCC2)cc1F. The van der Waals surface area contributed by atoms with E-state index in [0.717, 1.165) is 32.4 Å². The molecule has 3 aromatic rings. The maximum atomic E-state index is 15.1. The summed E-state index contributed by atoms with van der Waals surface area (Å²) in [5.41, 5.74) is 1.21. The van der Waals surface area contributed by atoms with Crippen molar-refractivity contribution >= 4 is 46.4 Å². The van der Waals surface area contributed by atoms with Gasteiger partial charge in [-0.15, -0.1) is 0 Å². The lowest BCUT2D eigenvalue weighted by molar-refractivity contribution is 0.0987. The fourth-order valence-corrected chi connectivity index (χ4v) is 4.69. The summed E-state index contributed by atoms with van der Waals surface area (Å²) >= 11 is 12.1. The maximum Gasteiger partial charge on any atom is 0.256 e. The van der Waals surface area contributed by atoms with E-state index >= 15 is 4.39 Å². The molecule has 9 heteroatoms. The number of piperidine rings is 1. The number of halogens is 3. The van der Waals surface area contributed by atoms with Crippen LogP contribution in [-0.2, 0) is 6.42 Å². The topological polar surface area (TPSA) is 82.5 Å². The number of nitrogens with zero attached hydrogens (tertiary/aromatic N) is 1. The number of hydrogen-bond donors (Lipinski definition) is 2. The van der Waals surface area contributed by atoms with Crippen molar-refractivity contribution in [1.82, 2.24) is 4.90 Å². The van der Waals surface area contributed by atoms with Crippen LogP contribution < -0.4 is 10.1 Å². The lowest BCUT2D eigenvalue weighted by atomic mass is 9.96. The second kappa shape index (κ2) is 11.8. The number of ether oxygens (including phenoxy) is 1. The summed E-state index contributed by atoms with van der Waals surface area (Å²) in [6, 6.07) is 13.7. The number of nitrogens with one attached hydrogen (secondary N) is 2. The highest BCUT2D eigenvalue weighted by atomic mass is 35.5.